The van der Waals surface area contributed by atoms with E-state index in [0.29, 0.717) is 24.5 Å². The van der Waals surface area contributed by atoms with Crippen LogP contribution in [0.3, 0.4) is 0 Å². The first-order valence-corrected chi connectivity index (χ1v) is 18.1. The topological polar surface area (TPSA) is 105 Å². The predicted molar refractivity (Wildman–Crippen MR) is 198 cm³/mol. The highest BCUT2D eigenvalue weighted by Crippen LogP contribution is 2.39. The van der Waals surface area contributed by atoms with Crippen molar-refractivity contribution in [1.82, 2.24) is 5.32 Å². The van der Waals surface area contributed by atoms with Crippen LogP contribution in [0.4, 0.5) is 17.1 Å². The SMILES string of the molecule is CCCCC(C(N)=O)C(CC1CCCC1)C(=O)NC1CN(c2ccccc2)c2ccccc2N(Cc2cccc(Oc3ccccc3)c2)C1=O. The van der Waals surface area contributed by atoms with E-state index in [1.807, 2.05) is 109 Å². The summed E-state index contributed by atoms with van der Waals surface area (Å²) < 4.78 is 6.12. The number of nitrogens with two attached hydrogens (primary N) is 1. The van der Waals surface area contributed by atoms with Crippen LogP contribution in [0.25, 0.3) is 0 Å². The van der Waals surface area contributed by atoms with Crippen LogP contribution >= 0.6 is 0 Å². The number of ether oxygens (including phenoxy) is 1. The third-order valence-corrected chi connectivity index (χ3v) is 10.1. The molecule has 3 N–H and O–H groups in total. The highest BCUT2D eigenvalue weighted by Gasteiger charge is 2.40. The van der Waals surface area contributed by atoms with Gasteiger partial charge in [0.2, 0.25) is 11.8 Å². The van der Waals surface area contributed by atoms with Crippen LogP contribution in [0.1, 0.15) is 63.9 Å². The van der Waals surface area contributed by atoms with E-state index in [2.05, 4.69) is 17.1 Å². The Hall–Kier alpha value is -5.11. The molecule has 2 aliphatic rings. The lowest BCUT2D eigenvalue weighted by Crippen LogP contribution is -2.54. The molecule has 1 aliphatic carbocycles. The highest BCUT2D eigenvalue weighted by molar-refractivity contribution is 6.04. The fourth-order valence-corrected chi connectivity index (χ4v) is 7.53. The van der Waals surface area contributed by atoms with E-state index >= 15 is 0 Å². The number of hydrogen-bond donors (Lipinski definition) is 2. The van der Waals surface area contributed by atoms with Gasteiger partial charge in [0.25, 0.3) is 5.91 Å². The van der Waals surface area contributed by atoms with Crippen molar-refractivity contribution in [2.45, 2.75) is 70.9 Å². The van der Waals surface area contributed by atoms with Gasteiger partial charge in [0.15, 0.2) is 0 Å². The molecule has 6 rings (SSSR count). The van der Waals surface area contributed by atoms with Gasteiger partial charge in [-0.25, -0.2) is 0 Å². The second-order valence-electron chi connectivity index (χ2n) is 13.6. The summed E-state index contributed by atoms with van der Waals surface area (Å²) in [5.41, 5.74) is 9.38. The van der Waals surface area contributed by atoms with Crippen molar-refractivity contribution in [3.8, 4) is 11.5 Å². The first-order valence-electron chi connectivity index (χ1n) is 18.1. The van der Waals surface area contributed by atoms with Crippen LogP contribution in [0.2, 0.25) is 0 Å². The number of hydrogen-bond acceptors (Lipinski definition) is 5. The van der Waals surface area contributed by atoms with Crippen LogP contribution in [-0.4, -0.2) is 30.3 Å². The maximum atomic E-state index is 14.8. The molecule has 4 aromatic rings. The third kappa shape index (κ3) is 8.36. The first-order chi connectivity index (χ1) is 24.4. The van der Waals surface area contributed by atoms with E-state index in [-0.39, 0.29) is 24.9 Å². The minimum Gasteiger partial charge on any atom is -0.457 e. The molecule has 4 aromatic carbocycles. The number of primary amides is 1. The molecule has 0 saturated heterocycles. The van der Waals surface area contributed by atoms with Crippen LogP contribution in [0.5, 0.6) is 11.5 Å². The summed E-state index contributed by atoms with van der Waals surface area (Å²) in [6.45, 7) is 2.57. The maximum Gasteiger partial charge on any atom is 0.251 e. The minimum absolute atomic E-state index is 0.220. The summed E-state index contributed by atoms with van der Waals surface area (Å²) in [6, 6.07) is 34.2. The molecule has 1 aliphatic heterocycles. The lowest BCUT2D eigenvalue weighted by molar-refractivity contribution is -0.136. The second kappa shape index (κ2) is 16.5. The molecule has 3 unspecified atom stereocenters. The zero-order valence-electron chi connectivity index (χ0n) is 28.9. The fraction of sp³-hybridized carbons (Fsp3) is 0.357. The molecule has 0 aromatic heterocycles. The molecule has 1 fully saturated rings. The van der Waals surface area contributed by atoms with Gasteiger partial charge in [-0.15, -0.1) is 0 Å². The molecule has 1 heterocycles. The number of benzene rings is 4. The highest BCUT2D eigenvalue weighted by atomic mass is 16.5. The van der Waals surface area contributed by atoms with Gasteiger partial charge < -0.3 is 25.6 Å². The van der Waals surface area contributed by atoms with Crippen LogP contribution in [0, 0.1) is 17.8 Å². The van der Waals surface area contributed by atoms with Crippen molar-refractivity contribution in [2.75, 3.05) is 16.3 Å². The van der Waals surface area contributed by atoms with E-state index in [0.717, 1.165) is 66.9 Å². The van der Waals surface area contributed by atoms with Gasteiger partial charge in [-0.1, -0.05) is 106 Å². The number of amides is 3. The van der Waals surface area contributed by atoms with Gasteiger partial charge in [-0.05, 0) is 72.9 Å². The Morgan fingerprint density at radius 1 is 0.840 bits per heavy atom. The number of unbranched alkanes of at least 4 members (excludes halogenated alkanes) is 1. The van der Waals surface area contributed by atoms with Gasteiger partial charge in [0.1, 0.15) is 17.5 Å². The van der Waals surface area contributed by atoms with Gasteiger partial charge in [0, 0.05) is 17.5 Å². The van der Waals surface area contributed by atoms with Crippen molar-refractivity contribution >= 4 is 34.8 Å². The molecule has 0 bridgehead atoms. The van der Waals surface area contributed by atoms with Crippen LogP contribution in [0.15, 0.2) is 109 Å². The number of anilines is 3. The Bertz CT molecular complexity index is 1740. The summed E-state index contributed by atoms with van der Waals surface area (Å²) in [6.07, 6.45) is 7.23. The summed E-state index contributed by atoms with van der Waals surface area (Å²) in [4.78, 5) is 46.0. The van der Waals surface area contributed by atoms with Gasteiger partial charge in [-0.2, -0.15) is 0 Å². The second-order valence-corrected chi connectivity index (χ2v) is 13.6. The first kappa shape index (κ1) is 34.7. The number of carbonyl (C=O) groups excluding carboxylic acids is 3. The number of fused-ring (bicyclic) bond motifs is 1. The summed E-state index contributed by atoms with van der Waals surface area (Å²) in [5, 5.41) is 3.18. The molecule has 1 saturated carbocycles. The number of carbonyl (C=O) groups is 3. The summed E-state index contributed by atoms with van der Waals surface area (Å²) >= 11 is 0. The Morgan fingerprint density at radius 2 is 1.50 bits per heavy atom. The Labute approximate surface area is 295 Å². The van der Waals surface area contributed by atoms with E-state index in [1.54, 1.807) is 4.90 Å². The quantitative estimate of drug-likeness (QED) is 0.141. The van der Waals surface area contributed by atoms with E-state index < -0.39 is 23.8 Å². The Balaban J connectivity index is 1.35. The summed E-state index contributed by atoms with van der Waals surface area (Å²) in [5.74, 6) is -0.350. The maximum absolute atomic E-state index is 14.8. The van der Waals surface area contributed by atoms with Crippen molar-refractivity contribution in [1.29, 1.82) is 0 Å². The zero-order chi connectivity index (χ0) is 34.9. The zero-order valence-corrected chi connectivity index (χ0v) is 28.9. The lowest BCUT2D eigenvalue weighted by Gasteiger charge is -2.30. The number of nitrogens with one attached hydrogen (secondary N) is 1. The third-order valence-electron chi connectivity index (χ3n) is 10.1. The average Bonchev–Trinajstić information content (AvgIpc) is 3.62. The van der Waals surface area contributed by atoms with E-state index in [1.165, 1.54) is 0 Å². The standard InChI is InChI=1S/C42H48N4O4/c1-2-3-23-35(40(43)47)36(27-30-15-10-11-16-30)41(48)44-37-29-45(32-18-6-4-7-19-32)38-24-12-13-25-39(38)46(42(37)49)28-31-17-14-22-34(26-31)50-33-20-8-5-9-21-33/h4-9,12-14,17-22,24-26,30,35-37H,2-3,10-11,15-16,23,27-29H2,1H3,(H2,43,47)(H,44,48). The molecule has 0 radical (unpaired) electrons. The normalized spacial score (nSPS) is 17.5. The molecule has 3 atom stereocenters. The summed E-state index contributed by atoms with van der Waals surface area (Å²) in [7, 11) is 0. The molecule has 0 spiro atoms. The lowest BCUT2D eigenvalue weighted by atomic mass is 9.80. The molecule has 260 valence electrons. The Morgan fingerprint density at radius 3 is 2.20 bits per heavy atom. The molecule has 3 amide bonds. The molecule has 8 heteroatoms. The van der Waals surface area contributed by atoms with Crippen molar-refractivity contribution in [3.63, 3.8) is 0 Å². The average molecular weight is 673 g/mol. The number of para-hydroxylation sites is 4. The van der Waals surface area contributed by atoms with Gasteiger partial charge in [0.05, 0.1) is 24.5 Å². The largest absolute Gasteiger partial charge is 0.457 e. The Kier molecular flexibility index (Phi) is 11.5. The predicted octanol–water partition coefficient (Wildman–Crippen LogP) is 8.14. The smallest absolute Gasteiger partial charge is 0.251 e. The van der Waals surface area contributed by atoms with Crippen molar-refractivity contribution in [2.24, 2.45) is 23.5 Å². The number of nitrogens with zero attached hydrogens (tertiary/aromatic N) is 2. The molecular weight excluding hydrogens is 624 g/mol. The van der Waals surface area contributed by atoms with Crippen LogP contribution in [-0.2, 0) is 20.9 Å². The number of rotatable bonds is 14. The van der Waals surface area contributed by atoms with E-state index in [4.69, 9.17) is 10.5 Å². The molecule has 8 nitrogen and oxygen atoms in total. The van der Waals surface area contributed by atoms with E-state index in [9.17, 15) is 14.4 Å². The van der Waals surface area contributed by atoms with Gasteiger partial charge in [-0.3, -0.25) is 14.4 Å². The minimum atomic E-state index is -0.885. The fourth-order valence-electron chi connectivity index (χ4n) is 7.53. The van der Waals surface area contributed by atoms with Crippen molar-refractivity contribution in [3.05, 3.63) is 115 Å². The molecule has 50 heavy (non-hydrogen) atoms. The van der Waals surface area contributed by atoms with Crippen LogP contribution < -0.4 is 25.6 Å². The molecular formula is C42H48N4O4. The van der Waals surface area contributed by atoms with Gasteiger partial charge >= 0.3 is 0 Å². The monoisotopic (exact) mass is 672 g/mol. The van der Waals surface area contributed by atoms with Crippen molar-refractivity contribution < 1.29 is 19.1 Å².